The maximum absolute atomic E-state index is 12.5. The summed E-state index contributed by atoms with van der Waals surface area (Å²) in [6, 6.07) is 1.57. The van der Waals surface area contributed by atoms with Crippen LogP contribution in [-0.4, -0.2) is 49.4 Å². The zero-order valence-corrected chi connectivity index (χ0v) is 14.0. The second kappa shape index (κ2) is 7.17. The molecule has 0 aromatic carbocycles. The summed E-state index contributed by atoms with van der Waals surface area (Å²) in [5.41, 5.74) is 0. The Hall–Kier alpha value is -0.210. The van der Waals surface area contributed by atoms with Gasteiger partial charge in [0.15, 0.2) is 0 Å². The summed E-state index contributed by atoms with van der Waals surface area (Å²) in [6.07, 6.45) is 4.41. The first-order valence-electron chi connectivity index (χ1n) is 6.32. The minimum Gasteiger partial charge on any atom is -0.377 e. The summed E-state index contributed by atoms with van der Waals surface area (Å²) in [7, 11) is -3.47. The largest absolute Gasteiger partial charge is 0.377 e. The Balaban J connectivity index is 2.02. The van der Waals surface area contributed by atoms with Crippen molar-refractivity contribution in [1.82, 2.24) is 9.29 Å². The van der Waals surface area contributed by atoms with Crippen LogP contribution in [0.5, 0.6) is 0 Å². The molecule has 0 spiro atoms. The highest BCUT2D eigenvalue weighted by Crippen LogP contribution is 2.23. The molecular weight excluding hydrogens is 368 g/mol. The van der Waals surface area contributed by atoms with Crippen LogP contribution in [0.1, 0.15) is 12.8 Å². The minimum absolute atomic E-state index is 0.0980. The Morgan fingerprint density at radius 2 is 2.10 bits per heavy atom. The third kappa shape index (κ3) is 3.92. The highest BCUT2D eigenvalue weighted by Gasteiger charge is 2.29. The van der Waals surface area contributed by atoms with Crippen molar-refractivity contribution in [3.63, 3.8) is 0 Å². The van der Waals surface area contributed by atoms with Gasteiger partial charge < -0.3 is 4.74 Å². The molecule has 1 aromatic rings. The van der Waals surface area contributed by atoms with E-state index in [9.17, 15) is 8.42 Å². The molecule has 1 aromatic heterocycles. The predicted molar refractivity (Wildman–Crippen MR) is 80.4 cm³/mol. The molecule has 0 amide bonds. The van der Waals surface area contributed by atoms with Gasteiger partial charge in [0, 0.05) is 35.8 Å². The van der Waals surface area contributed by atoms with Crippen molar-refractivity contribution < 1.29 is 13.2 Å². The van der Waals surface area contributed by atoms with Crippen LogP contribution in [-0.2, 0) is 14.8 Å². The number of halogens is 2. The van der Waals surface area contributed by atoms with Crippen LogP contribution >= 0.6 is 27.5 Å². The molecule has 2 heterocycles. The molecule has 0 aliphatic carbocycles. The molecular formula is C12H16BrClN2O3S. The Bertz CT molecular complexity index is 547. The van der Waals surface area contributed by atoms with Gasteiger partial charge in [-0.05, 0) is 34.8 Å². The summed E-state index contributed by atoms with van der Waals surface area (Å²) in [6.45, 7) is 1.43. The number of pyridine rings is 1. The van der Waals surface area contributed by atoms with Crippen molar-refractivity contribution in [3.05, 3.63) is 22.9 Å². The van der Waals surface area contributed by atoms with E-state index in [2.05, 4.69) is 20.9 Å². The Morgan fingerprint density at radius 1 is 1.40 bits per heavy atom. The molecule has 0 unspecified atom stereocenters. The summed E-state index contributed by atoms with van der Waals surface area (Å²) < 4.78 is 32.6. The SMILES string of the molecule is O=S(=O)(c1cncc(Br)c1)N1CCC(OCCCl)CC1. The maximum Gasteiger partial charge on any atom is 0.244 e. The summed E-state index contributed by atoms with van der Waals surface area (Å²) in [4.78, 5) is 4.12. The predicted octanol–water partition coefficient (Wildman–Crippen LogP) is 2.25. The molecule has 0 radical (unpaired) electrons. The fourth-order valence-electron chi connectivity index (χ4n) is 2.13. The molecule has 8 heteroatoms. The third-order valence-electron chi connectivity index (χ3n) is 3.15. The molecule has 1 saturated heterocycles. The summed E-state index contributed by atoms with van der Waals surface area (Å²) in [5, 5.41) is 0. The average Bonchev–Trinajstić information content (AvgIpc) is 2.45. The Kier molecular flexibility index (Phi) is 5.80. The molecule has 2 rings (SSSR count). The van der Waals surface area contributed by atoms with Crippen molar-refractivity contribution in [1.29, 1.82) is 0 Å². The first-order valence-corrected chi connectivity index (χ1v) is 9.09. The lowest BCUT2D eigenvalue weighted by Crippen LogP contribution is -2.41. The van der Waals surface area contributed by atoms with E-state index < -0.39 is 10.0 Å². The van der Waals surface area contributed by atoms with E-state index in [0.717, 1.165) is 0 Å². The normalized spacial score (nSPS) is 18.3. The first-order chi connectivity index (χ1) is 9.54. The number of hydrogen-bond acceptors (Lipinski definition) is 4. The molecule has 20 heavy (non-hydrogen) atoms. The van der Waals surface area contributed by atoms with Gasteiger partial charge in [-0.1, -0.05) is 0 Å². The summed E-state index contributed by atoms with van der Waals surface area (Å²) in [5.74, 6) is 0.461. The second-order valence-corrected chi connectivity index (χ2v) is 7.73. The van der Waals surface area contributed by atoms with Gasteiger partial charge in [-0.2, -0.15) is 4.31 Å². The Labute approximate surface area is 132 Å². The Morgan fingerprint density at radius 3 is 2.70 bits per heavy atom. The summed E-state index contributed by atoms with van der Waals surface area (Å²) >= 11 is 8.81. The lowest BCUT2D eigenvalue weighted by molar-refractivity contribution is 0.0301. The highest BCUT2D eigenvalue weighted by atomic mass is 79.9. The molecule has 1 fully saturated rings. The van der Waals surface area contributed by atoms with Gasteiger partial charge in [0.2, 0.25) is 10.0 Å². The van der Waals surface area contributed by atoms with Crippen molar-refractivity contribution in [2.24, 2.45) is 0 Å². The molecule has 1 aliphatic heterocycles. The van der Waals surface area contributed by atoms with Crippen LogP contribution in [0.15, 0.2) is 27.8 Å². The number of rotatable bonds is 5. The number of piperidine rings is 1. The van der Waals surface area contributed by atoms with Crippen LogP contribution in [0.2, 0.25) is 0 Å². The second-order valence-electron chi connectivity index (χ2n) is 4.50. The van der Waals surface area contributed by atoms with Gasteiger partial charge in [0.25, 0.3) is 0 Å². The van der Waals surface area contributed by atoms with Crippen molar-refractivity contribution in [3.8, 4) is 0 Å². The van der Waals surface area contributed by atoms with E-state index in [1.54, 1.807) is 12.3 Å². The van der Waals surface area contributed by atoms with Crippen molar-refractivity contribution in [2.45, 2.75) is 23.8 Å². The van der Waals surface area contributed by atoms with Crippen molar-refractivity contribution in [2.75, 3.05) is 25.6 Å². The third-order valence-corrected chi connectivity index (χ3v) is 5.60. The topological polar surface area (TPSA) is 59.5 Å². The van der Waals surface area contributed by atoms with E-state index in [-0.39, 0.29) is 11.0 Å². The highest BCUT2D eigenvalue weighted by molar-refractivity contribution is 9.10. The number of sulfonamides is 1. The molecule has 0 saturated carbocycles. The van der Waals surface area contributed by atoms with E-state index in [0.29, 0.717) is 42.9 Å². The van der Waals surface area contributed by atoms with Gasteiger partial charge in [-0.3, -0.25) is 4.98 Å². The first kappa shape index (κ1) is 16.2. The quantitative estimate of drug-likeness (QED) is 0.732. The fraction of sp³-hybridized carbons (Fsp3) is 0.583. The molecule has 112 valence electrons. The van der Waals surface area contributed by atoms with Gasteiger partial charge in [-0.15, -0.1) is 11.6 Å². The molecule has 1 aliphatic rings. The van der Waals surface area contributed by atoms with Crippen LogP contribution in [0, 0.1) is 0 Å². The number of aromatic nitrogens is 1. The lowest BCUT2D eigenvalue weighted by Gasteiger charge is -2.31. The lowest BCUT2D eigenvalue weighted by atomic mass is 10.1. The van der Waals surface area contributed by atoms with Gasteiger partial charge in [0.05, 0.1) is 12.7 Å². The number of nitrogens with zero attached hydrogens (tertiary/aromatic N) is 2. The van der Waals surface area contributed by atoms with E-state index in [1.807, 2.05) is 0 Å². The van der Waals surface area contributed by atoms with E-state index >= 15 is 0 Å². The zero-order valence-electron chi connectivity index (χ0n) is 10.8. The van der Waals surface area contributed by atoms with Gasteiger partial charge in [0.1, 0.15) is 4.90 Å². The fourth-order valence-corrected chi connectivity index (χ4v) is 4.20. The van der Waals surface area contributed by atoms with E-state index in [1.165, 1.54) is 10.5 Å². The molecule has 5 nitrogen and oxygen atoms in total. The van der Waals surface area contributed by atoms with Crippen LogP contribution in [0.4, 0.5) is 0 Å². The van der Waals surface area contributed by atoms with Crippen LogP contribution in [0.25, 0.3) is 0 Å². The van der Waals surface area contributed by atoms with Crippen LogP contribution < -0.4 is 0 Å². The number of alkyl halides is 1. The zero-order chi connectivity index (χ0) is 14.6. The maximum atomic E-state index is 12.5. The molecule has 0 atom stereocenters. The van der Waals surface area contributed by atoms with Gasteiger partial charge in [-0.25, -0.2) is 8.42 Å². The number of hydrogen-bond donors (Lipinski definition) is 0. The number of ether oxygens (including phenoxy) is 1. The smallest absolute Gasteiger partial charge is 0.244 e. The minimum atomic E-state index is -3.47. The van der Waals surface area contributed by atoms with Crippen LogP contribution in [0.3, 0.4) is 0 Å². The molecule has 0 N–H and O–H groups in total. The van der Waals surface area contributed by atoms with Crippen molar-refractivity contribution >= 4 is 37.6 Å². The monoisotopic (exact) mass is 382 g/mol. The standard InChI is InChI=1S/C12H16BrClN2O3S/c13-10-7-12(9-15-8-10)20(17,18)16-4-1-11(2-5-16)19-6-3-14/h7-9,11H,1-6H2. The van der Waals surface area contributed by atoms with Gasteiger partial charge >= 0.3 is 0 Å². The molecule has 0 bridgehead atoms. The average molecular weight is 384 g/mol. The van der Waals surface area contributed by atoms with E-state index in [4.69, 9.17) is 16.3 Å².